The van der Waals surface area contributed by atoms with E-state index in [1.807, 2.05) is 0 Å². The van der Waals surface area contributed by atoms with Gasteiger partial charge in [0.15, 0.2) is 0 Å². The molecule has 0 radical (unpaired) electrons. The number of halogens is 1. The van der Waals surface area contributed by atoms with E-state index in [4.69, 9.17) is 4.74 Å². The fourth-order valence-corrected chi connectivity index (χ4v) is 2.25. The van der Waals surface area contributed by atoms with Gasteiger partial charge in [0.2, 0.25) is 0 Å². The number of carbonyl (C=O) groups is 1. The fraction of sp³-hybridized carbons (Fsp3) is 0.231. The van der Waals surface area contributed by atoms with Gasteiger partial charge < -0.3 is 9.72 Å². The number of aromatic amines is 1. The first-order valence-electron chi connectivity index (χ1n) is 5.54. The molecule has 0 bridgehead atoms. The van der Waals surface area contributed by atoms with Crippen molar-refractivity contribution in [3.8, 4) is 0 Å². The number of aryl methyl sites for hydroxylation is 1. The van der Waals surface area contributed by atoms with Gasteiger partial charge in [0.05, 0.1) is 12.2 Å². The number of ether oxygens (including phenoxy) is 1. The molecule has 0 spiro atoms. The van der Waals surface area contributed by atoms with Gasteiger partial charge in [-0.2, -0.15) is 0 Å². The van der Waals surface area contributed by atoms with Crippen LogP contribution in [-0.4, -0.2) is 17.6 Å². The molecule has 0 aliphatic heterocycles. The van der Waals surface area contributed by atoms with Crippen LogP contribution < -0.4 is 5.56 Å². The molecule has 94 valence electrons. The van der Waals surface area contributed by atoms with Crippen molar-refractivity contribution in [3.63, 3.8) is 0 Å². The summed E-state index contributed by atoms with van der Waals surface area (Å²) < 4.78 is 5.83. The normalized spacial score (nSPS) is 10.6. The van der Waals surface area contributed by atoms with Crippen molar-refractivity contribution in [2.75, 3.05) is 6.61 Å². The number of pyridine rings is 1. The highest BCUT2D eigenvalue weighted by atomic mass is 79.9. The minimum Gasteiger partial charge on any atom is -0.462 e. The number of H-pyrrole nitrogens is 1. The molecule has 0 aliphatic carbocycles. The van der Waals surface area contributed by atoms with Gasteiger partial charge in [0, 0.05) is 20.9 Å². The Morgan fingerprint density at radius 3 is 2.78 bits per heavy atom. The lowest BCUT2D eigenvalue weighted by molar-refractivity contribution is 0.0527. The van der Waals surface area contributed by atoms with Gasteiger partial charge in [0.25, 0.3) is 5.56 Å². The third kappa shape index (κ3) is 2.18. The lowest BCUT2D eigenvalue weighted by Gasteiger charge is -2.09. The number of nitrogens with one attached hydrogen (secondary N) is 1. The Morgan fingerprint density at radius 1 is 1.39 bits per heavy atom. The van der Waals surface area contributed by atoms with Gasteiger partial charge in [-0.05, 0) is 32.0 Å². The number of carbonyl (C=O) groups excluding carboxylic acids is 1. The third-order valence-electron chi connectivity index (χ3n) is 2.65. The maximum absolute atomic E-state index is 11.9. The fourth-order valence-electron chi connectivity index (χ4n) is 1.89. The van der Waals surface area contributed by atoms with E-state index in [1.54, 1.807) is 32.0 Å². The first-order valence-corrected chi connectivity index (χ1v) is 6.33. The maximum Gasteiger partial charge on any atom is 0.340 e. The van der Waals surface area contributed by atoms with Crippen LogP contribution in [0.1, 0.15) is 23.0 Å². The molecule has 18 heavy (non-hydrogen) atoms. The number of fused-ring (bicyclic) bond motifs is 1. The smallest absolute Gasteiger partial charge is 0.340 e. The number of rotatable bonds is 2. The first kappa shape index (κ1) is 12.8. The van der Waals surface area contributed by atoms with Crippen LogP contribution in [0, 0.1) is 6.92 Å². The van der Waals surface area contributed by atoms with E-state index in [0.29, 0.717) is 28.6 Å². The van der Waals surface area contributed by atoms with E-state index in [1.165, 1.54) is 0 Å². The van der Waals surface area contributed by atoms with E-state index in [2.05, 4.69) is 20.9 Å². The van der Waals surface area contributed by atoms with E-state index >= 15 is 0 Å². The van der Waals surface area contributed by atoms with Crippen molar-refractivity contribution < 1.29 is 9.53 Å². The van der Waals surface area contributed by atoms with Crippen molar-refractivity contribution in [2.45, 2.75) is 13.8 Å². The molecule has 2 aromatic rings. The molecule has 1 heterocycles. The predicted octanol–water partition coefficient (Wildman–Crippen LogP) is 2.78. The van der Waals surface area contributed by atoms with Crippen LogP contribution in [0.5, 0.6) is 0 Å². The van der Waals surface area contributed by atoms with Crippen LogP contribution in [0.15, 0.2) is 27.5 Å². The van der Waals surface area contributed by atoms with E-state index in [9.17, 15) is 9.59 Å². The van der Waals surface area contributed by atoms with Gasteiger partial charge in [-0.15, -0.1) is 0 Å². The minimum absolute atomic E-state index is 0.206. The van der Waals surface area contributed by atoms with Crippen molar-refractivity contribution in [1.29, 1.82) is 0 Å². The zero-order valence-electron chi connectivity index (χ0n) is 10.0. The molecule has 0 unspecified atom stereocenters. The van der Waals surface area contributed by atoms with Gasteiger partial charge in [-0.1, -0.05) is 15.9 Å². The molecule has 0 saturated carbocycles. The molecule has 0 aliphatic rings. The van der Waals surface area contributed by atoms with Crippen molar-refractivity contribution >= 4 is 32.7 Å². The number of hydrogen-bond donors (Lipinski definition) is 1. The highest BCUT2D eigenvalue weighted by molar-refractivity contribution is 9.10. The quantitative estimate of drug-likeness (QED) is 0.868. The summed E-state index contributed by atoms with van der Waals surface area (Å²) in [6.45, 7) is 3.73. The number of aromatic nitrogens is 1. The Hall–Kier alpha value is -1.62. The summed E-state index contributed by atoms with van der Waals surface area (Å²) in [5.41, 5.74) is 0.722. The third-order valence-corrected chi connectivity index (χ3v) is 3.14. The molecule has 0 saturated heterocycles. The van der Waals surface area contributed by atoms with Gasteiger partial charge in [-0.3, -0.25) is 4.79 Å². The highest BCUT2D eigenvalue weighted by Crippen LogP contribution is 2.22. The monoisotopic (exact) mass is 309 g/mol. The van der Waals surface area contributed by atoms with Crippen LogP contribution in [0.2, 0.25) is 0 Å². The molecular formula is C13H12BrNO3. The largest absolute Gasteiger partial charge is 0.462 e. The lowest BCUT2D eigenvalue weighted by Crippen LogP contribution is -2.15. The molecule has 0 fully saturated rings. The molecular weight excluding hydrogens is 298 g/mol. The number of hydrogen-bond acceptors (Lipinski definition) is 3. The second-order valence-electron chi connectivity index (χ2n) is 3.86. The summed E-state index contributed by atoms with van der Waals surface area (Å²) in [6.07, 6.45) is 0. The molecule has 0 atom stereocenters. The number of benzene rings is 1. The van der Waals surface area contributed by atoms with E-state index in [0.717, 1.165) is 4.47 Å². The molecule has 1 aromatic heterocycles. The van der Waals surface area contributed by atoms with E-state index in [-0.39, 0.29) is 5.56 Å². The average molecular weight is 310 g/mol. The molecule has 1 aromatic carbocycles. The van der Waals surface area contributed by atoms with Crippen LogP contribution in [0.3, 0.4) is 0 Å². The second kappa shape index (κ2) is 4.94. The van der Waals surface area contributed by atoms with Crippen LogP contribution in [0.4, 0.5) is 0 Å². The summed E-state index contributed by atoms with van der Waals surface area (Å²) in [6, 6.07) is 5.20. The van der Waals surface area contributed by atoms with Gasteiger partial charge in [-0.25, -0.2) is 4.79 Å². The molecule has 2 rings (SSSR count). The Labute approximate surface area is 112 Å². The Kier molecular flexibility index (Phi) is 3.52. The van der Waals surface area contributed by atoms with Crippen molar-refractivity contribution in [1.82, 2.24) is 4.98 Å². The zero-order valence-corrected chi connectivity index (χ0v) is 11.6. The molecule has 5 heteroatoms. The lowest BCUT2D eigenvalue weighted by atomic mass is 10.0. The maximum atomic E-state index is 11.9. The van der Waals surface area contributed by atoms with Crippen molar-refractivity contribution in [2.24, 2.45) is 0 Å². The average Bonchev–Trinajstić information content (AvgIpc) is 2.28. The molecule has 0 amide bonds. The standard InChI is InChI=1S/C13H12BrNO3/c1-3-18-13(17)11-7(2)15-12(16)9-5-4-8(14)6-10(9)11/h4-6H,3H2,1-2H3,(H,15,16). The second-order valence-corrected chi connectivity index (χ2v) is 4.78. The SMILES string of the molecule is CCOC(=O)c1c(C)[nH]c(=O)c2ccc(Br)cc12. The van der Waals surface area contributed by atoms with Crippen molar-refractivity contribution in [3.05, 3.63) is 44.3 Å². The zero-order chi connectivity index (χ0) is 13.3. The Morgan fingerprint density at radius 2 is 2.11 bits per heavy atom. The van der Waals surface area contributed by atoms with Crippen LogP contribution in [0.25, 0.3) is 10.8 Å². The number of esters is 1. The molecule has 4 nitrogen and oxygen atoms in total. The Balaban J connectivity index is 2.82. The minimum atomic E-state index is -0.422. The highest BCUT2D eigenvalue weighted by Gasteiger charge is 2.16. The van der Waals surface area contributed by atoms with Gasteiger partial charge >= 0.3 is 5.97 Å². The molecule has 1 N–H and O–H groups in total. The van der Waals surface area contributed by atoms with Crippen LogP contribution >= 0.6 is 15.9 Å². The summed E-state index contributed by atoms with van der Waals surface area (Å²) in [5, 5.41) is 1.08. The van der Waals surface area contributed by atoms with Gasteiger partial charge in [0.1, 0.15) is 0 Å². The topological polar surface area (TPSA) is 59.2 Å². The van der Waals surface area contributed by atoms with Crippen LogP contribution in [-0.2, 0) is 4.74 Å². The summed E-state index contributed by atoms with van der Waals surface area (Å²) >= 11 is 3.34. The van der Waals surface area contributed by atoms with E-state index < -0.39 is 5.97 Å². The predicted molar refractivity (Wildman–Crippen MR) is 73.0 cm³/mol. The first-order chi connectivity index (χ1) is 8.54. The summed E-state index contributed by atoms with van der Waals surface area (Å²) in [5.74, 6) is -0.422. The summed E-state index contributed by atoms with van der Waals surface area (Å²) in [7, 11) is 0. The Bertz CT molecular complexity index is 676. The summed E-state index contributed by atoms with van der Waals surface area (Å²) in [4.78, 5) is 26.4.